The minimum absolute atomic E-state index is 0.161. The van der Waals surface area contributed by atoms with Crippen molar-refractivity contribution in [2.45, 2.75) is 26.4 Å². The van der Waals surface area contributed by atoms with Crippen molar-refractivity contribution in [1.82, 2.24) is 19.1 Å². The Morgan fingerprint density at radius 3 is 2.78 bits per heavy atom. The van der Waals surface area contributed by atoms with Gasteiger partial charge in [0, 0.05) is 38.8 Å². The van der Waals surface area contributed by atoms with Crippen LogP contribution in [-0.2, 0) is 31.3 Å². The van der Waals surface area contributed by atoms with E-state index in [9.17, 15) is 9.59 Å². The number of benzene rings is 1. The quantitative estimate of drug-likeness (QED) is 0.658. The molecule has 1 aromatic carbocycles. The second-order valence-electron chi connectivity index (χ2n) is 6.75. The smallest absolute Gasteiger partial charge is 0.343 e. The molecule has 4 rings (SSSR count). The standard InChI is InChI=1S/C20H22N4O3/c1-3-27-20(26)15-11-21-24-18(15)22(2)17-9-10-23(13-16(17)19(24)25)12-14-7-5-4-6-8-14/h4-8,11H,3,9-10,12-13H2,1-2H3. The highest BCUT2D eigenvalue weighted by atomic mass is 16.5. The summed E-state index contributed by atoms with van der Waals surface area (Å²) in [6, 6.07) is 10.2. The molecule has 0 bridgehead atoms. The van der Waals surface area contributed by atoms with E-state index in [0.29, 0.717) is 17.8 Å². The fourth-order valence-corrected chi connectivity index (χ4v) is 3.77. The maximum Gasteiger partial charge on any atom is 0.343 e. The summed E-state index contributed by atoms with van der Waals surface area (Å²) in [5.41, 5.74) is 3.59. The van der Waals surface area contributed by atoms with Crippen LogP contribution in [0, 0.1) is 0 Å². The number of carbonyl (C=O) groups excluding carboxylic acids is 1. The molecule has 1 aliphatic rings. The largest absolute Gasteiger partial charge is 0.462 e. The summed E-state index contributed by atoms with van der Waals surface area (Å²) in [5.74, 6) is -0.455. The van der Waals surface area contributed by atoms with Gasteiger partial charge in [-0.2, -0.15) is 9.61 Å². The number of esters is 1. The zero-order valence-electron chi connectivity index (χ0n) is 15.5. The maximum absolute atomic E-state index is 13.0. The number of ether oxygens (including phenoxy) is 1. The Kier molecular flexibility index (Phi) is 4.53. The molecule has 0 fully saturated rings. The van der Waals surface area contributed by atoms with Crippen LogP contribution in [0.1, 0.15) is 34.1 Å². The van der Waals surface area contributed by atoms with Gasteiger partial charge in [-0.1, -0.05) is 30.3 Å². The molecule has 0 saturated heterocycles. The minimum Gasteiger partial charge on any atom is -0.462 e. The third-order valence-electron chi connectivity index (χ3n) is 5.06. The molecule has 2 aromatic heterocycles. The molecule has 27 heavy (non-hydrogen) atoms. The molecular formula is C20H22N4O3. The van der Waals surface area contributed by atoms with Gasteiger partial charge in [-0.25, -0.2) is 4.79 Å². The van der Waals surface area contributed by atoms with Gasteiger partial charge < -0.3 is 9.30 Å². The number of aryl methyl sites for hydroxylation is 1. The third-order valence-corrected chi connectivity index (χ3v) is 5.06. The van der Waals surface area contributed by atoms with Crippen molar-refractivity contribution in [2.75, 3.05) is 13.2 Å². The lowest BCUT2D eigenvalue weighted by Crippen LogP contribution is -2.38. The first-order valence-corrected chi connectivity index (χ1v) is 9.12. The van der Waals surface area contributed by atoms with E-state index in [2.05, 4.69) is 22.1 Å². The molecule has 0 atom stereocenters. The summed E-state index contributed by atoms with van der Waals surface area (Å²) >= 11 is 0. The number of aromatic nitrogens is 3. The highest BCUT2D eigenvalue weighted by Gasteiger charge is 2.26. The van der Waals surface area contributed by atoms with Crippen LogP contribution in [0.3, 0.4) is 0 Å². The molecule has 7 heteroatoms. The summed E-state index contributed by atoms with van der Waals surface area (Å²) in [6.07, 6.45) is 2.17. The van der Waals surface area contributed by atoms with Crippen LogP contribution in [0.25, 0.3) is 5.65 Å². The zero-order chi connectivity index (χ0) is 19.0. The van der Waals surface area contributed by atoms with Crippen LogP contribution in [0.5, 0.6) is 0 Å². The molecule has 0 unspecified atom stereocenters. The molecular weight excluding hydrogens is 344 g/mol. The van der Waals surface area contributed by atoms with Crippen molar-refractivity contribution >= 4 is 11.6 Å². The van der Waals surface area contributed by atoms with Gasteiger partial charge in [0.1, 0.15) is 5.56 Å². The third kappa shape index (κ3) is 3.04. The molecule has 0 aliphatic carbocycles. The fraction of sp³-hybridized carbons (Fsp3) is 0.350. The Morgan fingerprint density at radius 2 is 2.04 bits per heavy atom. The minimum atomic E-state index is -0.455. The SMILES string of the molecule is CCOC(=O)c1cnn2c(=O)c3c(n(C)c12)CCN(Cc1ccccc1)C3. The van der Waals surface area contributed by atoms with Crippen molar-refractivity contribution in [1.29, 1.82) is 0 Å². The van der Waals surface area contributed by atoms with E-state index in [0.717, 1.165) is 30.8 Å². The van der Waals surface area contributed by atoms with Gasteiger partial charge in [0.15, 0.2) is 5.65 Å². The Bertz CT molecular complexity index is 1050. The number of hydrogen-bond acceptors (Lipinski definition) is 5. The molecule has 0 radical (unpaired) electrons. The Labute approximate surface area is 156 Å². The number of fused-ring (bicyclic) bond motifs is 2. The van der Waals surface area contributed by atoms with Crippen molar-refractivity contribution in [2.24, 2.45) is 7.05 Å². The lowest BCUT2D eigenvalue weighted by atomic mass is 10.1. The molecule has 3 aromatic rings. The summed E-state index contributed by atoms with van der Waals surface area (Å²) in [7, 11) is 1.88. The molecule has 0 saturated carbocycles. The summed E-state index contributed by atoms with van der Waals surface area (Å²) in [6.45, 7) is 4.26. The van der Waals surface area contributed by atoms with E-state index in [1.807, 2.05) is 29.8 Å². The van der Waals surface area contributed by atoms with Gasteiger partial charge in [-0.3, -0.25) is 9.69 Å². The predicted molar refractivity (Wildman–Crippen MR) is 101 cm³/mol. The van der Waals surface area contributed by atoms with E-state index in [1.165, 1.54) is 16.3 Å². The number of rotatable bonds is 4. The van der Waals surface area contributed by atoms with Crippen molar-refractivity contribution < 1.29 is 9.53 Å². The van der Waals surface area contributed by atoms with Crippen LogP contribution in [0.2, 0.25) is 0 Å². The van der Waals surface area contributed by atoms with Crippen LogP contribution >= 0.6 is 0 Å². The first kappa shape index (κ1) is 17.5. The second-order valence-corrected chi connectivity index (χ2v) is 6.75. The zero-order valence-corrected chi connectivity index (χ0v) is 15.5. The van der Waals surface area contributed by atoms with E-state index >= 15 is 0 Å². The highest BCUT2D eigenvalue weighted by molar-refractivity contribution is 5.95. The lowest BCUT2D eigenvalue weighted by Gasteiger charge is -2.29. The molecule has 1 aliphatic heterocycles. The van der Waals surface area contributed by atoms with Gasteiger partial charge in [0.05, 0.1) is 18.4 Å². The predicted octanol–water partition coefficient (Wildman–Crippen LogP) is 1.77. The number of hydrogen-bond donors (Lipinski definition) is 0. The first-order valence-electron chi connectivity index (χ1n) is 9.12. The molecule has 0 N–H and O–H groups in total. The van der Waals surface area contributed by atoms with Crippen LogP contribution in [0.15, 0.2) is 41.3 Å². The van der Waals surface area contributed by atoms with Gasteiger partial charge in [0.2, 0.25) is 0 Å². The van der Waals surface area contributed by atoms with Crippen molar-refractivity contribution in [3.63, 3.8) is 0 Å². The van der Waals surface area contributed by atoms with Crippen molar-refractivity contribution in [3.05, 3.63) is 69.3 Å². The van der Waals surface area contributed by atoms with Crippen molar-refractivity contribution in [3.8, 4) is 0 Å². The highest BCUT2D eigenvalue weighted by Crippen LogP contribution is 2.21. The number of carbonyl (C=O) groups is 1. The maximum atomic E-state index is 13.0. The first-order chi connectivity index (χ1) is 13.1. The summed E-state index contributed by atoms with van der Waals surface area (Å²) in [4.78, 5) is 27.5. The van der Waals surface area contributed by atoms with Gasteiger partial charge in [-0.15, -0.1) is 0 Å². The summed E-state index contributed by atoms with van der Waals surface area (Å²) < 4.78 is 8.33. The van der Waals surface area contributed by atoms with Gasteiger partial charge in [-0.05, 0) is 12.5 Å². The molecule has 3 heterocycles. The molecule has 0 spiro atoms. The Balaban J connectivity index is 1.73. The van der Waals surface area contributed by atoms with Gasteiger partial charge >= 0.3 is 5.97 Å². The second kappa shape index (κ2) is 7.00. The number of nitrogens with zero attached hydrogens (tertiary/aromatic N) is 4. The average Bonchev–Trinajstić information content (AvgIpc) is 3.13. The molecule has 7 nitrogen and oxygen atoms in total. The van der Waals surface area contributed by atoms with Crippen LogP contribution in [0.4, 0.5) is 0 Å². The van der Waals surface area contributed by atoms with Crippen LogP contribution < -0.4 is 5.56 Å². The van der Waals surface area contributed by atoms with E-state index in [-0.39, 0.29) is 12.2 Å². The van der Waals surface area contributed by atoms with E-state index in [1.54, 1.807) is 6.92 Å². The Hall–Kier alpha value is -2.93. The van der Waals surface area contributed by atoms with Gasteiger partial charge in [0.25, 0.3) is 5.56 Å². The van der Waals surface area contributed by atoms with Crippen LogP contribution in [-0.4, -0.2) is 38.2 Å². The topological polar surface area (TPSA) is 68.8 Å². The fourth-order valence-electron chi connectivity index (χ4n) is 3.77. The summed E-state index contributed by atoms with van der Waals surface area (Å²) in [5, 5.41) is 4.16. The van der Waals surface area contributed by atoms with E-state index in [4.69, 9.17) is 4.74 Å². The van der Waals surface area contributed by atoms with E-state index < -0.39 is 5.97 Å². The Morgan fingerprint density at radius 1 is 1.26 bits per heavy atom. The monoisotopic (exact) mass is 366 g/mol. The normalized spacial score (nSPS) is 14.3. The molecule has 140 valence electrons. The molecule has 0 amide bonds. The average molecular weight is 366 g/mol. The lowest BCUT2D eigenvalue weighted by molar-refractivity contribution is 0.0528.